The molecule has 3 nitrogen and oxygen atoms in total. The van der Waals surface area contributed by atoms with Gasteiger partial charge in [-0.05, 0) is 42.6 Å². The summed E-state index contributed by atoms with van der Waals surface area (Å²) in [6.07, 6.45) is 1.86. The van der Waals surface area contributed by atoms with Crippen molar-refractivity contribution in [2.75, 3.05) is 20.6 Å². The van der Waals surface area contributed by atoms with E-state index in [1.165, 1.54) is 20.9 Å². The van der Waals surface area contributed by atoms with Crippen molar-refractivity contribution in [3.63, 3.8) is 0 Å². The molecule has 0 bridgehead atoms. The summed E-state index contributed by atoms with van der Waals surface area (Å²) in [5.74, 6) is 0.327. The fourth-order valence-electron chi connectivity index (χ4n) is 3.09. The van der Waals surface area contributed by atoms with Gasteiger partial charge in [0, 0.05) is 53.3 Å². The van der Waals surface area contributed by atoms with Crippen molar-refractivity contribution in [1.82, 2.24) is 4.90 Å². The van der Waals surface area contributed by atoms with Gasteiger partial charge in [-0.25, -0.2) is 0 Å². The van der Waals surface area contributed by atoms with Gasteiger partial charge in [0.2, 0.25) is 0 Å². The molecule has 2 aromatic heterocycles. The summed E-state index contributed by atoms with van der Waals surface area (Å²) in [5, 5.41) is 2.14. The molecule has 0 radical (unpaired) electrons. The quantitative estimate of drug-likeness (QED) is 0.817. The third kappa shape index (κ3) is 3.24. The monoisotopic (exact) mass is 365 g/mol. The number of aliphatic imine (C=N–C) groups is 1. The minimum atomic E-state index is 0.327. The molecule has 0 aliphatic carbocycles. The molecule has 0 fully saturated rings. The number of hydrogen-bond donors (Lipinski definition) is 1. The summed E-state index contributed by atoms with van der Waals surface area (Å²) in [6.45, 7) is 3.89. The number of fused-ring (bicyclic) bond motifs is 1. The van der Waals surface area contributed by atoms with E-state index in [4.69, 9.17) is 17.3 Å². The van der Waals surface area contributed by atoms with E-state index < -0.39 is 0 Å². The van der Waals surface area contributed by atoms with Crippen molar-refractivity contribution in [2.24, 2.45) is 10.7 Å². The van der Waals surface area contributed by atoms with E-state index in [-0.39, 0.29) is 0 Å². The molecule has 0 aromatic carbocycles. The molecule has 1 atom stereocenters. The molecule has 0 saturated heterocycles. The van der Waals surface area contributed by atoms with E-state index in [0.717, 1.165) is 28.7 Å². The van der Waals surface area contributed by atoms with Gasteiger partial charge in [0.25, 0.3) is 0 Å². The fraction of sp³-hybridized carbons (Fsp3) is 0.353. The van der Waals surface area contributed by atoms with Gasteiger partial charge in [0.05, 0.1) is 4.34 Å². The molecule has 1 unspecified atom stereocenters. The second-order valence-electron chi connectivity index (χ2n) is 5.87. The highest BCUT2D eigenvalue weighted by Crippen LogP contribution is 2.42. The van der Waals surface area contributed by atoms with Crippen LogP contribution in [0, 0.1) is 0 Å². The number of thiophene rings is 2. The zero-order chi connectivity index (χ0) is 16.6. The first-order chi connectivity index (χ1) is 11.0. The van der Waals surface area contributed by atoms with Crippen LogP contribution in [0.4, 0.5) is 0 Å². The lowest BCUT2D eigenvalue weighted by molar-refractivity contribution is 0.299. The van der Waals surface area contributed by atoms with Crippen molar-refractivity contribution in [2.45, 2.75) is 19.4 Å². The Morgan fingerprint density at radius 2 is 2.26 bits per heavy atom. The number of allylic oxidation sites excluding steroid dienone is 2. The highest BCUT2D eigenvalue weighted by atomic mass is 35.5. The lowest BCUT2D eigenvalue weighted by Crippen LogP contribution is -2.30. The summed E-state index contributed by atoms with van der Waals surface area (Å²) < 4.78 is 0.868. The van der Waals surface area contributed by atoms with Crippen LogP contribution in [0.2, 0.25) is 4.34 Å². The van der Waals surface area contributed by atoms with Crippen molar-refractivity contribution in [3.8, 4) is 0 Å². The molecular formula is C17H20ClN3S2. The second kappa shape index (κ2) is 6.77. The Morgan fingerprint density at radius 1 is 1.48 bits per heavy atom. The summed E-state index contributed by atoms with van der Waals surface area (Å²) in [5.41, 5.74) is 10.6. The standard InChI is InChI=1S/C17H20ClN3S2/c1-10(19)13(7-20-2)17-11(4-5-22-17)14-8-21(3)9-15-12(14)6-16(18)23-15/h4-7,14H,8-9,19H2,1-3H3/b13-10+,20-7?. The van der Waals surface area contributed by atoms with Crippen LogP contribution in [0.15, 0.2) is 28.2 Å². The van der Waals surface area contributed by atoms with Gasteiger partial charge in [-0.1, -0.05) is 11.6 Å². The van der Waals surface area contributed by atoms with Gasteiger partial charge in [-0.15, -0.1) is 22.7 Å². The van der Waals surface area contributed by atoms with Crippen LogP contribution in [0.1, 0.15) is 33.7 Å². The van der Waals surface area contributed by atoms with Crippen LogP contribution in [0.3, 0.4) is 0 Å². The molecule has 122 valence electrons. The molecule has 3 heterocycles. The number of hydrogen-bond acceptors (Lipinski definition) is 5. The maximum Gasteiger partial charge on any atom is 0.0934 e. The zero-order valence-electron chi connectivity index (χ0n) is 13.5. The lowest BCUT2D eigenvalue weighted by Gasteiger charge is -2.30. The number of nitrogens with two attached hydrogens (primary N) is 1. The maximum absolute atomic E-state index is 6.28. The van der Waals surface area contributed by atoms with E-state index in [9.17, 15) is 0 Å². The lowest BCUT2D eigenvalue weighted by atomic mass is 9.87. The van der Waals surface area contributed by atoms with E-state index >= 15 is 0 Å². The SMILES string of the molecule is CN=C/C(=C(/C)N)c1sccc1C1CN(C)Cc2sc(Cl)cc21. The van der Waals surface area contributed by atoms with Crippen LogP contribution in [0.25, 0.3) is 5.57 Å². The largest absolute Gasteiger partial charge is 0.402 e. The normalized spacial score (nSPS) is 19.9. The number of nitrogens with zero attached hydrogens (tertiary/aromatic N) is 2. The van der Waals surface area contributed by atoms with Crippen LogP contribution >= 0.6 is 34.3 Å². The van der Waals surface area contributed by atoms with Gasteiger partial charge in [0.1, 0.15) is 0 Å². The molecule has 1 aliphatic heterocycles. The average molecular weight is 366 g/mol. The van der Waals surface area contributed by atoms with Crippen molar-refractivity contribution in [1.29, 1.82) is 0 Å². The maximum atomic E-state index is 6.28. The van der Waals surface area contributed by atoms with Crippen molar-refractivity contribution < 1.29 is 0 Å². The minimum absolute atomic E-state index is 0.327. The van der Waals surface area contributed by atoms with E-state index in [0.29, 0.717) is 5.92 Å². The van der Waals surface area contributed by atoms with Gasteiger partial charge in [-0.3, -0.25) is 4.99 Å². The Bertz CT molecular complexity index is 769. The average Bonchev–Trinajstić information content (AvgIpc) is 3.09. The van der Waals surface area contributed by atoms with Crippen LogP contribution in [-0.4, -0.2) is 31.8 Å². The topological polar surface area (TPSA) is 41.6 Å². The minimum Gasteiger partial charge on any atom is -0.402 e. The van der Waals surface area contributed by atoms with E-state index in [1.54, 1.807) is 29.7 Å². The molecule has 2 N–H and O–H groups in total. The second-order valence-corrected chi connectivity index (χ2v) is 8.55. The zero-order valence-corrected chi connectivity index (χ0v) is 15.9. The first-order valence-electron chi connectivity index (χ1n) is 7.44. The summed E-state index contributed by atoms with van der Waals surface area (Å²) in [6, 6.07) is 4.35. The van der Waals surface area contributed by atoms with Gasteiger partial charge in [-0.2, -0.15) is 0 Å². The van der Waals surface area contributed by atoms with Crippen LogP contribution in [-0.2, 0) is 6.54 Å². The van der Waals surface area contributed by atoms with Crippen LogP contribution in [0.5, 0.6) is 0 Å². The smallest absolute Gasteiger partial charge is 0.0934 e. The first kappa shape index (κ1) is 16.7. The fourth-order valence-corrected chi connectivity index (χ4v) is 5.55. The summed E-state index contributed by atoms with van der Waals surface area (Å²) >= 11 is 9.69. The molecule has 6 heteroatoms. The molecule has 1 aliphatic rings. The third-order valence-electron chi connectivity index (χ3n) is 4.09. The van der Waals surface area contributed by atoms with Gasteiger partial charge in [0.15, 0.2) is 0 Å². The molecule has 2 aromatic rings. The Kier molecular flexibility index (Phi) is 4.92. The van der Waals surface area contributed by atoms with E-state index in [2.05, 4.69) is 34.5 Å². The Morgan fingerprint density at radius 3 is 2.96 bits per heavy atom. The van der Waals surface area contributed by atoms with Crippen LogP contribution < -0.4 is 5.73 Å². The van der Waals surface area contributed by atoms with Crippen molar-refractivity contribution >= 4 is 46.1 Å². The number of rotatable bonds is 3. The van der Waals surface area contributed by atoms with Gasteiger partial charge >= 0.3 is 0 Å². The predicted molar refractivity (Wildman–Crippen MR) is 103 cm³/mol. The Hall–Kier alpha value is -1.14. The highest BCUT2D eigenvalue weighted by Gasteiger charge is 2.29. The summed E-state index contributed by atoms with van der Waals surface area (Å²) in [7, 11) is 3.94. The molecule has 23 heavy (non-hydrogen) atoms. The highest BCUT2D eigenvalue weighted by molar-refractivity contribution is 7.16. The molecule has 0 spiro atoms. The first-order valence-corrected chi connectivity index (χ1v) is 9.51. The summed E-state index contributed by atoms with van der Waals surface area (Å²) in [4.78, 5) is 9.11. The van der Waals surface area contributed by atoms with Gasteiger partial charge < -0.3 is 10.6 Å². The molecular weight excluding hydrogens is 346 g/mol. The molecule has 0 amide bonds. The van der Waals surface area contributed by atoms with E-state index in [1.807, 2.05) is 13.1 Å². The third-order valence-corrected chi connectivity index (χ3v) is 6.32. The van der Waals surface area contributed by atoms with Crippen molar-refractivity contribution in [3.05, 3.63) is 48.4 Å². The Labute approximate surface area is 150 Å². The predicted octanol–water partition coefficient (Wildman–Crippen LogP) is 4.43. The molecule has 3 rings (SSSR count). The molecule has 0 saturated carbocycles. The number of halogens is 1. The number of likely N-dealkylation sites (N-methyl/N-ethyl adjacent to an activating group) is 1. The Balaban J connectivity index is 2.11.